The SMILES string of the molecule is COCCS(=O)(=O)c1ccc(-c2n[nH]c(C(F)(F)F)c2-c2ccc(Cl)c(C)c2)cc1. The summed E-state index contributed by atoms with van der Waals surface area (Å²) < 4.78 is 70.1. The van der Waals surface area contributed by atoms with Crippen molar-refractivity contribution in [3.05, 3.63) is 58.7 Å². The van der Waals surface area contributed by atoms with Gasteiger partial charge in [0.1, 0.15) is 11.4 Å². The van der Waals surface area contributed by atoms with Gasteiger partial charge in [-0.2, -0.15) is 18.3 Å². The second kappa shape index (κ2) is 8.41. The van der Waals surface area contributed by atoms with Crippen LogP contribution in [0.25, 0.3) is 22.4 Å². The van der Waals surface area contributed by atoms with Crippen LogP contribution in [0.5, 0.6) is 0 Å². The number of halogens is 4. The average molecular weight is 459 g/mol. The molecule has 0 radical (unpaired) electrons. The molecule has 160 valence electrons. The number of rotatable bonds is 6. The van der Waals surface area contributed by atoms with E-state index < -0.39 is 21.7 Å². The van der Waals surface area contributed by atoms with Gasteiger partial charge in [-0.3, -0.25) is 5.10 Å². The summed E-state index contributed by atoms with van der Waals surface area (Å²) >= 11 is 6.01. The van der Waals surface area contributed by atoms with Crippen LogP contribution in [0.15, 0.2) is 47.4 Å². The van der Waals surface area contributed by atoms with Crippen LogP contribution in [0.2, 0.25) is 5.02 Å². The molecular formula is C20H18ClF3N2O3S. The van der Waals surface area contributed by atoms with Crippen LogP contribution in [0, 0.1) is 6.92 Å². The van der Waals surface area contributed by atoms with E-state index in [1.807, 2.05) is 0 Å². The molecule has 0 fully saturated rings. The number of aromatic amines is 1. The highest BCUT2D eigenvalue weighted by Crippen LogP contribution is 2.41. The maximum atomic E-state index is 13.6. The number of hydrogen-bond donors (Lipinski definition) is 1. The molecule has 0 aliphatic heterocycles. The standard InChI is InChI=1S/C20H18ClF3N2O3S/c1-12-11-14(5-8-16(12)21)17-18(25-26-19(17)20(22,23)24)13-3-6-15(7-4-13)30(27,28)10-9-29-2/h3-8,11H,9-10H2,1-2H3,(H,25,26). The lowest BCUT2D eigenvalue weighted by molar-refractivity contribution is -0.140. The molecule has 1 N–H and O–H groups in total. The molecule has 0 atom stereocenters. The van der Waals surface area contributed by atoms with Crippen molar-refractivity contribution >= 4 is 21.4 Å². The van der Waals surface area contributed by atoms with Crippen molar-refractivity contribution in [3.63, 3.8) is 0 Å². The fourth-order valence-electron chi connectivity index (χ4n) is 2.97. The van der Waals surface area contributed by atoms with Crippen LogP contribution in [-0.2, 0) is 20.8 Å². The zero-order valence-corrected chi connectivity index (χ0v) is 17.6. The van der Waals surface area contributed by atoms with Crippen molar-refractivity contribution in [2.45, 2.75) is 18.0 Å². The molecular weight excluding hydrogens is 441 g/mol. The monoisotopic (exact) mass is 458 g/mol. The first-order valence-corrected chi connectivity index (χ1v) is 10.8. The number of methoxy groups -OCH3 is 1. The Hall–Kier alpha value is -2.36. The summed E-state index contributed by atoms with van der Waals surface area (Å²) in [6.07, 6.45) is -4.66. The zero-order valence-electron chi connectivity index (χ0n) is 16.0. The number of nitrogens with zero attached hydrogens (tertiary/aromatic N) is 1. The van der Waals surface area contributed by atoms with E-state index in [4.69, 9.17) is 16.3 Å². The Kier molecular flexibility index (Phi) is 6.26. The fraction of sp³-hybridized carbons (Fsp3) is 0.250. The lowest BCUT2D eigenvalue weighted by Gasteiger charge is -2.11. The lowest BCUT2D eigenvalue weighted by Crippen LogP contribution is -2.11. The third-order valence-electron chi connectivity index (χ3n) is 4.54. The zero-order chi connectivity index (χ0) is 22.1. The normalized spacial score (nSPS) is 12.3. The van der Waals surface area contributed by atoms with E-state index in [1.165, 1.54) is 43.5 Å². The third-order valence-corrected chi connectivity index (χ3v) is 6.66. The van der Waals surface area contributed by atoms with Gasteiger partial charge in [-0.15, -0.1) is 0 Å². The van der Waals surface area contributed by atoms with Gasteiger partial charge in [0.2, 0.25) is 0 Å². The first-order valence-electron chi connectivity index (χ1n) is 8.79. The molecule has 0 bridgehead atoms. The van der Waals surface area contributed by atoms with Crippen molar-refractivity contribution in [3.8, 4) is 22.4 Å². The van der Waals surface area contributed by atoms with Gasteiger partial charge in [0, 0.05) is 23.3 Å². The Labute approximate surface area is 176 Å². The largest absolute Gasteiger partial charge is 0.433 e. The summed E-state index contributed by atoms with van der Waals surface area (Å²) in [6.45, 7) is 1.73. The number of aryl methyl sites for hydroxylation is 1. The smallest absolute Gasteiger partial charge is 0.384 e. The number of ether oxygens (including phenoxy) is 1. The number of hydrogen-bond acceptors (Lipinski definition) is 4. The number of aromatic nitrogens is 2. The maximum Gasteiger partial charge on any atom is 0.433 e. The van der Waals surface area contributed by atoms with Gasteiger partial charge in [0.15, 0.2) is 9.84 Å². The summed E-state index contributed by atoms with van der Waals surface area (Å²) in [5.74, 6) is -0.196. The second-order valence-electron chi connectivity index (χ2n) is 6.62. The van der Waals surface area contributed by atoms with Crippen molar-refractivity contribution < 1.29 is 26.3 Å². The first kappa shape index (κ1) is 22.3. The van der Waals surface area contributed by atoms with Crippen molar-refractivity contribution in [1.82, 2.24) is 10.2 Å². The van der Waals surface area contributed by atoms with Crippen LogP contribution in [-0.4, -0.2) is 38.1 Å². The van der Waals surface area contributed by atoms with Crippen LogP contribution >= 0.6 is 11.6 Å². The highest BCUT2D eigenvalue weighted by molar-refractivity contribution is 7.91. The maximum absolute atomic E-state index is 13.6. The molecule has 1 heterocycles. The molecule has 30 heavy (non-hydrogen) atoms. The molecule has 3 aromatic rings. The topological polar surface area (TPSA) is 72.1 Å². The number of sulfone groups is 1. The van der Waals surface area contributed by atoms with E-state index in [1.54, 1.807) is 13.0 Å². The predicted molar refractivity (Wildman–Crippen MR) is 108 cm³/mol. The summed E-state index contributed by atoms with van der Waals surface area (Å²) in [5, 5.41) is 6.38. The van der Waals surface area contributed by atoms with Gasteiger partial charge in [-0.25, -0.2) is 8.42 Å². The molecule has 2 aromatic carbocycles. The van der Waals surface area contributed by atoms with Gasteiger partial charge >= 0.3 is 6.18 Å². The molecule has 0 saturated heterocycles. The third kappa shape index (κ3) is 4.53. The molecule has 3 rings (SSSR count). The molecule has 0 saturated carbocycles. The minimum Gasteiger partial charge on any atom is -0.384 e. The van der Waals surface area contributed by atoms with Gasteiger partial charge < -0.3 is 4.74 Å². The van der Waals surface area contributed by atoms with Gasteiger partial charge in [0.05, 0.1) is 17.3 Å². The van der Waals surface area contributed by atoms with E-state index in [2.05, 4.69) is 10.2 Å². The van der Waals surface area contributed by atoms with Crippen molar-refractivity contribution in [1.29, 1.82) is 0 Å². The number of alkyl halides is 3. The molecule has 0 amide bonds. The number of nitrogens with one attached hydrogen (secondary N) is 1. The van der Waals surface area contributed by atoms with E-state index in [-0.39, 0.29) is 28.5 Å². The Morgan fingerprint density at radius 2 is 1.73 bits per heavy atom. The molecule has 1 aromatic heterocycles. The van der Waals surface area contributed by atoms with Crippen LogP contribution in [0.4, 0.5) is 13.2 Å². The molecule has 0 aliphatic rings. The van der Waals surface area contributed by atoms with E-state index in [9.17, 15) is 21.6 Å². The summed E-state index contributed by atoms with van der Waals surface area (Å²) in [7, 11) is -2.16. The average Bonchev–Trinajstić information content (AvgIpc) is 3.14. The minimum absolute atomic E-state index is 0.0401. The van der Waals surface area contributed by atoms with Crippen LogP contribution < -0.4 is 0 Å². The highest BCUT2D eigenvalue weighted by Gasteiger charge is 2.38. The van der Waals surface area contributed by atoms with E-state index >= 15 is 0 Å². The van der Waals surface area contributed by atoms with Crippen LogP contribution in [0.1, 0.15) is 11.3 Å². The second-order valence-corrected chi connectivity index (χ2v) is 9.14. The summed E-state index contributed by atoms with van der Waals surface area (Å²) in [6, 6.07) is 10.1. The van der Waals surface area contributed by atoms with Crippen molar-refractivity contribution in [2.24, 2.45) is 0 Å². The molecule has 0 unspecified atom stereocenters. The molecule has 10 heteroatoms. The summed E-state index contributed by atoms with van der Waals surface area (Å²) in [5.41, 5.74) is 0.201. The van der Waals surface area contributed by atoms with Gasteiger partial charge in [-0.05, 0) is 42.3 Å². The van der Waals surface area contributed by atoms with Crippen LogP contribution in [0.3, 0.4) is 0 Å². The highest BCUT2D eigenvalue weighted by atomic mass is 35.5. The number of H-pyrrole nitrogens is 1. The number of benzene rings is 2. The van der Waals surface area contributed by atoms with Gasteiger partial charge in [-0.1, -0.05) is 29.8 Å². The quantitative estimate of drug-likeness (QED) is 0.555. The Morgan fingerprint density at radius 3 is 2.30 bits per heavy atom. The molecule has 0 aliphatic carbocycles. The molecule has 5 nitrogen and oxygen atoms in total. The Balaban J connectivity index is 2.11. The summed E-state index contributed by atoms with van der Waals surface area (Å²) in [4.78, 5) is 0.0544. The van der Waals surface area contributed by atoms with E-state index in [0.717, 1.165) is 0 Å². The fourth-order valence-corrected chi connectivity index (χ4v) is 4.26. The predicted octanol–water partition coefficient (Wildman–Crippen LogP) is 5.14. The minimum atomic E-state index is -4.66. The Morgan fingerprint density at radius 1 is 1.10 bits per heavy atom. The van der Waals surface area contributed by atoms with E-state index in [0.29, 0.717) is 21.7 Å². The lowest BCUT2D eigenvalue weighted by atomic mass is 9.97. The van der Waals surface area contributed by atoms with Gasteiger partial charge in [0.25, 0.3) is 0 Å². The van der Waals surface area contributed by atoms with Crippen molar-refractivity contribution in [2.75, 3.05) is 19.5 Å². The Bertz CT molecular complexity index is 1160. The molecule has 0 spiro atoms. The first-order chi connectivity index (χ1) is 14.0.